The van der Waals surface area contributed by atoms with Crippen molar-refractivity contribution in [1.29, 1.82) is 0 Å². The van der Waals surface area contributed by atoms with Crippen molar-refractivity contribution in [1.82, 2.24) is 0 Å². The zero-order valence-corrected chi connectivity index (χ0v) is 27.0. The van der Waals surface area contributed by atoms with Gasteiger partial charge in [-0.15, -0.1) is 0 Å². The topological polar surface area (TPSA) is 0 Å². The first-order valence-electron chi connectivity index (χ1n) is 17.9. The van der Waals surface area contributed by atoms with Gasteiger partial charge in [0.1, 0.15) is 0 Å². The van der Waals surface area contributed by atoms with E-state index in [9.17, 15) is 0 Å². The molecule has 4 saturated carbocycles. The Morgan fingerprint density at radius 1 is 0.409 bits per heavy atom. The smallest absolute Gasteiger partial charge is 0.0619 e. The van der Waals surface area contributed by atoms with Crippen LogP contribution in [0.15, 0.2) is 71.2 Å². The molecular weight excluding hydrogens is 596 g/mol. The van der Waals surface area contributed by atoms with Gasteiger partial charge in [0.25, 0.3) is 0 Å². The van der Waals surface area contributed by atoms with Crippen LogP contribution in [-0.2, 0) is 5.41 Å². The highest BCUT2D eigenvalue weighted by atomic mass is 79.9. The number of halogens is 1. The normalized spacial score (nSPS) is 36.8. The summed E-state index contributed by atoms with van der Waals surface area (Å²) in [6.07, 6.45) is 14.5. The third-order valence-corrected chi connectivity index (χ3v) is 15.1. The van der Waals surface area contributed by atoms with Crippen molar-refractivity contribution in [2.24, 2.45) is 23.7 Å². The van der Waals surface area contributed by atoms with Gasteiger partial charge in [0, 0.05) is 4.47 Å². The van der Waals surface area contributed by atoms with Gasteiger partial charge in [0.2, 0.25) is 0 Å². The molecule has 1 heteroatoms. The molecule has 0 nitrogen and oxygen atoms in total. The quantitative estimate of drug-likeness (QED) is 0.156. The van der Waals surface area contributed by atoms with Crippen molar-refractivity contribution in [3.8, 4) is 22.3 Å². The van der Waals surface area contributed by atoms with Crippen molar-refractivity contribution in [3.63, 3.8) is 0 Å². The van der Waals surface area contributed by atoms with Gasteiger partial charge >= 0.3 is 0 Å². The van der Waals surface area contributed by atoms with Gasteiger partial charge in [-0.3, -0.25) is 0 Å². The monoisotopic (exact) mass is 634 g/mol. The molecule has 8 bridgehead atoms. The van der Waals surface area contributed by atoms with Gasteiger partial charge in [-0.25, -0.2) is 0 Å². The van der Waals surface area contributed by atoms with Crippen LogP contribution in [0.3, 0.4) is 0 Å². The van der Waals surface area contributed by atoms with Crippen molar-refractivity contribution in [2.75, 3.05) is 0 Å². The predicted molar refractivity (Wildman–Crippen MR) is 182 cm³/mol. The van der Waals surface area contributed by atoms with Crippen LogP contribution in [0.4, 0.5) is 0 Å². The molecule has 4 unspecified atom stereocenters. The number of hydrogen-bond donors (Lipinski definition) is 0. The van der Waals surface area contributed by atoms with Crippen molar-refractivity contribution >= 4 is 15.9 Å². The molecule has 4 atom stereocenters. The first kappa shape index (κ1) is 24.6. The second-order valence-electron chi connectivity index (χ2n) is 16.6. The first-order valence-corrected chi connectivity index (χ1v) is 18.7. The summed E-state index contributed by atoms with van der Waals surface area (Å²) < 4.78 is 1.20. The number of rotatable bonds is 0. The second-order valence-corrected chi connectivity index (χ2v) is 17.6. The molecule has 14 rings (SSSR count). The van der Waals surface area contributed by atoms with Gasteiger partial charge in [0.05, 0.1) is 5.41 Å². The highest BCUT2D eigenvalue weighted by Crippen LogP contribution is 2.67. The van der Waals surface area contributed by atoms with Crippen LogP contribution in [0.2, 0.25) is 0 Å². The SMILES string of the molecule is Brc1ccc2c(c1)C1(c3ccccc3-2)c2cc3c(cc2-c2cc4c(cc21)C1CC2CC(CC4C2)C1)C1CC2CC(C1)CC3C2. The predicted octanol–water partition coefficient (Wildman–Crippen LogP) is 11.6. The fourth-order valence-electron chi connectivity index (χ4n) is 13.4. The average molecular weight is 636 g/mol. The van der Waals surface area contributed by atoms with E-state index in [1.807, 2.05) is 0 Å². The van der Waals surface area contributed by atoms with E-state index in [1.54, 1.807) is 44.5 Å². The van der Waals surface area contributed by atoms with Gasteiger partial charge in [0.15, 0.2) is 0 Å². The molecule has 0 amide bonds. The number of benzene rings is 4. The van der Waals surface area contributed by atoms with E-state index < -0.39 is 0 Å². The van der Waals surface area contributed by atoms with Crippen LogP contribution in [0.25, 0.3) is 22.3 Å². The van der Waals surface area contributed by atoms with Crippen LogP contribution in [0, 0.1) is 23.7 Å². The Kier molecular flexibility index (Phi) is 4.58. The van der Waals surface area contributed by atoms with Crippen LogP contribution < -0.4 is 0 Å². The molecule has 4 fully saturated rings. The molecule has 0 aliphatic heterocycles. The lowest BCUT2D eigenvalue weighted by atomic mass is 9.66. The van der Waals surface area contributed by atoms with E-state index in [0.717, 1.165) is 47.3 Å². The van der Waals surface area contributed by atoms with Crippen LogP contribution in [-0.4, -0.2) is 0 Å². The van der Waals surface area contributed by atoms with Gasteiger partial charge in [-0.2, -0.15) is 0 Å². The zero-order valence-electron chi connectivity index (χ0n) is 25.4. The maximum absolute atomic E-state index is 3.96. The molecule has 10 aliphatic rings. The highest BCUT2D eigenvalue weighted by molar-refractivity contribution is 9.10. The average Bonchev–Trinajstić information content (AvgIpc) is 3.32. The maximum atomic E-state index is 3.96. The first-order chi connectivity index (χ1) is 21.6. The Labute approximate surface area is 269 Å². The molecule has 0 radical (unpaired) electrons. The lowest BCUT2D eigenvalue weighted by Gasteiger charge is -2.38. The molecule has 44 heavy (non-hydrogen) atoms. The van der Waals surface area contributed by atoms with Crippen LogP contribution in [0.5, 0.6) is 0 Å². The summed E-state index contributed by atoms with van der Waals surface area (Å²) >= 11 is 3.96. The summed E-state index contributed by atoms with van der Waals surface area (Å²) in [5, 5.41) is 0. The maximum Gasteiger partial charge on any atom is 0.0726 e. The largest absolute Gasteiger partial charge is 0.0726 e. The van der Waals surface area contributed by atoms with E-state index in [-0.39, 0.29) is 5.41 Å². The van der Waals surface area contributed by atoms with E-state index in [1.165, 1.54) is 90.9 Å². The molecule has 218 valence electrons. The number of hydrogen-bond acceptors (Lipinski definition) is 0. The van der Waals surface area contributed by atoms with Crippen LogP contribution >= 0.6 is 15.9 Å². The third kappa shape index (κ3) is 2.90. The molecule has 0 aromatic heterocycles. The standard InChI is InChI=1S/C43H39Br/c44-30-5-6-32-31-3-1-2-4-39(31)43(40(32)17-30)41-20-35-28-13-22-7-23(14-28)10-26(9-22)33(35)18-37(41)38-19-34-27-11-24-8-25(12-27)16-29(15-24)36(34)21-42(38)43/h1-6,17-29H,7-16H2. The van der Waals surface area contributed by atoms with Crippen molar-refractivity contribution in [2.45, 2.75) is 93.3 Å². The Bertz CT molecular complexity index is 1840. The summed E-state index contributed by atoms with van der Waals surface area (Å²) in [4.78, 5) is 0. The summed E-state index contributed by atoms with van der Waals surface area (Å²) in [5.74, 6) is 6.87. The van der Waals surface area contributed by atoms with Gasteiger partial charge in [-0.1, -0.05) is 70.5 Å². The number of fused-ring (bicyclic) bond motifs is 10. The summed E-state index contributed by atoms with van der Waals surface area (Å²) in [6, 6.07) is 27.8. The minimum absolute atomic E-state index is 0.225. The molecule has 0 N–H and O–H groups in total. The third-order valence-electron chi connectivity index (χ3n) is 14.6. The Morgan fingerprint density at radius 2 is 0.841 bits per heavy atom. The fourth-order valence-corrected chi connectivity index (χ4v) is 13.8. The minimum Gasteiger partial charge on any atom is -0.0619 e. The second kappa shape index (κ2) is 8.19. The van der Waals surface area contributed by atoms with E-state index in [2.05, 4.69) is 82.7 Å². The Balaban J connectivity index is 1.21. The molecule has 4 aromatic carbocycles. The van der Waals surface area contributed by atoms with Crippen LogP contribution in [0.1, 0.15) is 132 Å². The molecular formula is C43H39Br. The summed E-state index contributed by atoms with van der Waals surface area (Å²) in [6.45, 7) is 0. The molecule has 4 aromatic rings. The lowest BCUT2D eigenvalue weighted by Crippen LogP contribution is -2.27. The van der Waals surface area contributed by atoms with Gasteiger partial charge < -0.3 is 0 Å². The van der Waals surface area contributed by atoms with Crippen molar-refractivity contribution in [3.05, 3.63) is 116 Å². The fraction of sp³-hybridized carbons (Fsp3) is 0.442. The Morgan fingerprint density at radius 3 is 1.36 bits per heavy atom. The van der Waals surface area contributed by atoms with Crippen molar-refractivity contribution < 1.29 is 0 Å². The van der Waals surface area contributed by atoms with E-state index in [4.69, 9.17) is 0 Å². The molecule has 0 saturated heterocycles. The van der Waals surface area contributed by atoms with E-state index in [0.29, 0.717) is 0 Å². The zero-order chi connectivity index (χ0) is 28.5. The summed E-state index contributed by atoms with van der Waals surface area (Å²) in [7, 11) is 0. The molecule has 0 heterocycles. The Hall–Kier alpha value is -2.64. The highest BCUT2D eigenvalue weighted by Gasteiger charge is 2.54. The molecule has 10 aliphatic carbocycles. The van der Waals surface area contributed by atoms with E-state index >= 15 is 0 Å². The van der Waals surface area contributed by atoms with Gasteiger partial charge in [-0.05, 0) is 190 Å². The summed E-state index contributed by atoms with van der Waals surface area (Å²) in [5.41, 5.74) is 19.0. The minimum atomic E-state index is -0.225. The molecule has 1 spiro atoms. The lowest BCUT2D eigenvalue weighted by molar-refractivity contribution is 0.165.